The van der Waals surface area contributed by atoms with Crippen molar-refractivity contribution in [2.45, 2.75) is 0 Å². The molecule has 0 amide bonds. The molecular weight excluding hydrogens is 609 g/mol. The number of benzene rings is 3. The van der Waals surface area contributed by atoms with E-state index in [9.17, 15) is 0 Å². The Balaban J connectivity index is 0.000000223. The summed E-state index contributed by atoms with van der Waals surface area (Å²) in [6, 6.07) is 38.9. The Morgan fingerprint density at radius 2 is 1.54 bits per heavy atom. The topological polar surface area (TPSA) is 53.9 Å². The summed E-state index contributed by atoms with van der Waals surface area (Å²) < 4.78 is 0. The van der Waals surface area contributed by atoms with E-state index in [0.29, 0.717) is 22.5 Å². The number of hydrogen-bond donors (Lipinski definition) is 0. The third-order valence-corrected chi connectivity index (χ3v) is 4.90. The largest absolute Gasteiger partial charge is 0.305 e. The van der Waals surface area contributed by atoms with Crippen LogP contribution in [-0.2, 0) is 20.1 Å². The summed E-state index contributed by atoms with van der Waals surface area (Å²) in [6.07, 6.45) is 3.57. The fourth-order valence-corrected chi connectivity index (χ4v) is 3.25. The molecule has 0 aliphatic rings. The second kappa shape index (κ2) is 12.7. The van der Waals surface area contributed by atoms with Crippen LogP contribution in [0.1, 0.15) is 5.56 Å². The van der Waals surface area contributed by atoms with Crippen LogP contribution in [0, 0.1) is 30.0 Å². The Morgan fingerprint density at radius 3 is 2.17 bits per heavy atom. The molecule has 5 rings (SSSR count). The number of aromatic nitrogens is 2. The van der Waals surface area contributed by atoms with Crippen molar-refractivity contribution < 1.29 is 20.1 Å². The van der Waals surface area contributed by atoms with Gasteiger partial charge in [0, 0.05) is 38.2 Å². The maximum Gasteiger partial charge on any atom is 0.125 e. The Morgan fingerprint density at radius 1 is 0.771 bits per heavy atom. The van der Waals surface area contributed by atoms with E-state index in [4.69, 9.17) is 11.8 Å². The molecule has 0 spiro atoms. The van der Waals surface area contributed by atoms with Gasteiger partial charge >= 0.3 is 0 Å². The molecule has 0 unspecified atom stereocenters. The van der Waals surface area contributed by atoms with E-state index >= 15 is 0 Å². The predicted molar refractivity (Wildman–Crippen MR) is 133 cm³/mol. The van der Waals surface area contributed by atoms with E-state index < -0.39 is 0 Å². The van der Waals surface area contributed by atoms with Crippen molar-refractivity contribution in [1.82, 2.24) is 9.97 Å². The predicted octanol–water partition coefficient (Wildman–Crippen LogP) is 7.18. The molecule has 0 bridgehead atoms. The Hall–Kier alpha value is -4.41. The molecule has 0 aliphatic heterocycles. The van der Waals surface area contributed by atoms with Crippen LogP contribution < -0.4 is 0 Å². The molecule has 0 saturated heterocycles. The molecule has 0 atom stereocenters. The van der Waals surface area contributed by atoms with Crippen molar-refractivity contribution in [2.24, 2.45) is 0 Å². The van der Waals surface area contributed by atoms with Crippen LogP contribution in [0.3, 0.4) is 0 Å². The molecule has 0 saturated carbocycles. The molecular formula is C30H18IrN4-2. The van der Waals surface area contributed by atoms with Gasteiger partial charge in [-0.2, -0.15) is 0 Å². The van der Waals surface area contributed by atoms with Gasteiger partial charge in [-0.05, 0) is 29.0 Å². The summed E-state index contributed by atoms with van der Waals surface area (Å²) in [7, 11) is 0. The van der Waals surface area contributed by atoms with Gasteiger partial charge in [0.15, 0.2) is 0 Å². The normalized spacial score (nSPS) is 9.43. The van der Waals surface area contributed by atoms with Crippen LogP contribution in [0.15, 0.2) is 109 Å². The summed E-state index contributed by atoms with van der Waals surface area (Å²) >= 11 is 0. The maximum absolute atomic E-state index is 9.02. The van der Waals surface area contributed by atoms with Gasteiger partial charge < -0.3 is 4.98 Å². The van der Waals surface area contributed by atoms with Crippen molar-refractivity contribution in [3.8, 4) is 39.7 Å². The number of hydrogen-bond acceptors (Lipinski definition) is 3. The van der Waals surface area contributed by atoms with Gasteiger partial charge in [-0.25, -0.2) is 5.26 Å². The molecule has 35 heavy (non-hydrogen) atoms. The molecule has 0 N–H and O–H groups in total. The maximum atomic E-state index is 9.02. The number of nitriles is 1. The minimum atomic E-state index is 0. The fraction of sp³-hybridized carbons (Fsp3) is 0. The van der Waals surface area contributed by atoms with Crippen LogP contribution in [0.4, 0.5) is 5.69 Å². The SMILES string of the molecule is [C-]#[N+]c1cc(C#N)[c-]c(-c2ccc(-c3ccccc3)cn2)c1.[Ir].[c-]1ccccc1-c1ccccn1. The summed E-state index contributed by atoms with van der Waals surface area (Å²) in [5.74, 6) is 0. The Labute approximate surface area is 218 Å². The van der Waals surface area contributed by atoms with Gasteiger partial charge in [0.1, 0.15) is 5.69 Å². The van der Waals surface area contributed by atoms with E-state index in [1.807, 2.05) is 91.0 Å². The van der Waals surface area contributed by atoms with E-state index in [0.717, 1.165) is 22.4 Å². The molecule has 5 heteroatoms. The van der Waals surface area contributed by atoms with Crippen LogP contribution in [0.5, 0.6) is 0 Å². The molecule has 2 heterocycles. The zero-order valence-electron chi connectivity index (χ0n) is 18.5. The second-order valence-corrected chi connectivity index (χ2v) is 7.18. The average Bonchev–Trinajstić information content (AvgIpc) is 2.94. The number of pyridine rings is 2. The molecule has 0 aliphatic carbocycles. The van der Waals surface area contributed by atoms with Crippen molar-refractivity contribution in [1.29, 1.82) is 5.26 Å². The van der Waals surface area contributed by atoms with Crippen molar-refractivity contribution in [2.75, 3.05) is 0 Å². The molecule has 169 valence electrons. The quantitative estimate of drug-likeness (QED) is 0.199. The molecule has 1 radical (unpaired) electrons. The van der Waals surface area contributed by atoms with E-state index in [2.05, 4.69) is 26.9 Å². The molecule has 0 fully saturated rings. The molecule has 3 aromatic carbocycles. The van der Waals surface area contributed by atoms with Crippen LogP contribution in [0.25, 0.3) is 38.5 Å². The average molecular weight is 627 g/mol. The van der Waals surface area contributed by atoms with Crippen LogP contribution in [-0.4, -0.2) is 9.97 Å². The Kier molecular flexibility index (Phi) is 9.17. The van der Waals surface area contributed by atoms with E-state index in [1.54, 1.807) is 18.5 Å². The molecule has 4 nitrogen and oxygen atoms in total. The summed E-state index contributed by atoms with van der Waals surface area (Å²) in [5.41, 5.74) is 6.24. The van der Waals surface area contributed by atoms with Crippen LogP contribution in [0.2, 0.25) is 0 Å². The summed E-state index contributed by atoms with van der Waals surface area (Å²) in [6.45, 7) is 7.10. The number of nitrogens with zero attached hydrogens (tertiary/aromatic N) is 4. The molecule has 2 aromatic heterocycles. The standard InChI is InChI=1S/C19H10N3.C11H8N.Ir/c1-21-18-10-14(12-20)9-17(11-18)19-8-7-16(13-22-19)15-5-3-2-4-6-15;1-2-6-10(7-3-1)11-8-4-5-9-12-11;/h2-8,10-11,13H;1-6,8-9H;/q2*-1;. The van der Waals surface area contributed by atoms with Crippen molar-refractivity contribution in [3.63, 3.8) is 0 Å². The first-order chi connectivity index (χ1) is 16.8. The van der Waals surface area contributed by atoms with Gasteiger partial charge in [0.25, 0.3) is 0 Å². The first kappa shape index (κ1) is 25.2. The Bertz CT molecular complexity index is 1370. The van der Waals surface area contributed by atoms with Gasteiger partial charge in [0.2, 0.25) is 0 Å². The minimum Gasteiger partial charge on any atom is -0.305 e. The smallest absolute Gasteiger partial charge is 0.125 e. The van der Waals surface area contributed by atoms with Gasteiger partial charge in [-0.1, -0.05) is 60.2 Å². The third kappa shape index (κ3) is 6.79. The minimum absolute atomic E-state index is 0. The van der Waals surface area contributed by atoms with Gasteiger partial charge in [-0.15, -0.1) is 59.7 Å². The van der Waals surface area contributed by atoms with Crippen molar-refractivity contribution >= 4 is 5.69 Å². The van der Waals surface area contributed by atoms with Gasteiger partial charge in [0.05, 0.1) is 6.57 Å². The zero-order chi connectivity index (χ0) is 23.6. The summed E-state index contributed by atoms with van der Waals surface area (Å²) in [5, 5.41) is 9.02. The molecule has 5 aromatic rings. The van der Waals surface area contributed by atoms with Crippen LogP contribution >= 0.6 is 0 Å². The number of rotatable bonds is 3. The fourth-order valence-electron chi connectivity index (χ4n) is 3.25. The zero-order valence-corrected chi connectivity index (χ0v) is 20.9. The van der Waals surface area contributed by atoms with Gasteiger partial charge in [-0.3, -0.25) is 9.83 Å². The monoisotopic (exact) mass is 627 g/mol. The van der Waals surface area contributed by atoms with Crippen molar-refractivity contribution in [3.05, 3.63) is 139 Å². The second-order valence-electron chi connectivity index (χ2n) is 7.18. The van der Waals surface area contributed by atoms with E-state index in [-0.39, 0.29) is 20.1 Å². The summed E-state index contributed by atoms with van der Waals surface area (Å²) in [4.78, 5) is 12.0. The first-order valence-corrected chi connectivity index (χ1v) is 10.5. The first-order valence-electron chi connectivity index (χ1n) is 10.5. The third-order valence-electron chi connectivity index (χ3n) is 4.90. The van der Waals surface area contributed by atoms with E-state index in [1.165, 1.54) is 6.07 Å².